The Morgan fingerprint density at radius 2 is 2.20 bits per heavy atom. The lowest BCUT2D eigenvalue weighted by atomic mass is 10.6. The first-order chi connectivity index (χ1) is 4.62. The van der Waals surface area contributed by atoms with Crippen LogP contribution in [-0.2, 0) is 9.19 Å². The standard InChI is InChI=1S/C5H14NO3P/c1-3-5-10(7,8)9-6-4-2/h6H,3-5H2,1-2H3,(H,7,8). The minimum atomic E-state index is -3.32. The normalized spacial score (nSPS) is 16.7. The summed E-state index contributed by atoms with van der Waals surface area (Å²) in [6, 6.07) is 0. The van der Waals surface area contributed by atoms with Gasteiger partial charge in [0.15, 0.2) is 0 Å². The molecule has 0 radical (unpaired) electrons. The molecule has 1 unspecified atom stereocenters. The minimum absolute atomic E-state index is 0.208. The Hall–Kier alpha value is 0.110. The summed E-state index contributed by atoms with van der Waals surface area (Å²) in [7, 11) is -3.32. The zero-order valence-corrected chi connectivity index (χ0v) is 7.23. The highest BCUT2D eigenvalue weighted by Gasteiger charge is 2.16. The van der Waals surface area contributed by atoms with E-state index in [9.17, 15) is 4.57 Å². The molecule has 10 heavy (non-hydrogen) atoms. The van der Waals surface area contributed by atoms with Crippen molar-refractivity contribution in [2.24, 2.45) is 0 Å². The summed E-state index contributed by atoms with van der Waals surface area (Å²) >= 11 is 0. The van der Waals surface area contributed by atoms with E-state index in [4.69, 9.17) is 4.89 Å². The fourth-order valence-electron chi connectivity index (χ4n) is 0.494. The zero-order chi connectivity index (χ0) is 8.04. The van der Waals surface area contributed by atoms with Gasteiger partial charge in [-0.1, -0.05) is 13.8 Å². The molecular weight excluding hydrogens is 153 g/mol. The van der Waals surface area contributed by atoms with Crippen LogP contribution in [-0.4, -0.2) is 17.6 Å². The van der Waals surface area contributed by atoms with Crippen molar-refractivity contribution in [2.45, 2.75) is 20.3 Å². The van der Waals surface area contributed by atoms with Crippen LogP contribution < -0.4 is 5.48 Å². The Morgan fingerprint density at radius 3 is 2.60 bits per heavy atom. The molecule has 0 fully saturated rings. The first-order valence-corrected chi connectivity index (χ1v) is 5.12. The Morgan fingerprint density at radius 1 is 1.60 bits per heavy atom. The second kappa shape index (κ2) is 4.85. The molecule has 0 saturated carbocycles. The van der Waals surface area contributed by atoms with E-state index in [1.807, 2.05) is 6.92 Å². The molecule has 0 amide bonds. The van der Waals surface area contributed by atoms with Gasteiger partial charge in [0, 0.05) is 6.54 Å². The lowest BCUT2D eigenvalue weighted by Crippen LogP contribution is -2.12. The van der Waals surface area contributed by atoms with Gasteiger partial charge in [-0.15, -0.1) is 0 Å². The molecule has 0 rings (SSSR count). The molecule has 1 atom stereocenters. The predicted octanol–water partition coefficient (Wildman–Crippen LogP) is 1.12. The summed E-state index contributed by atoms with van der Waals surface area (Å²) in [6.07, 6.45) is 0.860. The third-order valence-corrected chi connectivity index (χ3v) is 2.28. The van der Waals surface area contributed by atoms with Crippen molar-refractivity contribution in [1.82, 2.24) is 5.48 Å². The SMILES string of the molecule is CCCP(=O)(O)ONCC. The van der Waals surface area contributed by atoms with Gasteiger partial charge in [0.1, 0.15) is 0 Å². The quantitative estimate of drug-likeness (QED) is 0.476. The van der Waals surface area contributed by atoms with E-state index in [-0.39, 0.29) is 6.16 Å². The molecule has 0 saturated heterocycles. The van der Waals surface area contributed by atoms with Crippen LogP contribution in [0.5, 0.6) is 0 Å². The molecule has 5 heteroatoms. The molecule has 0 bridgehead atoms. The number of hydrogen-bond donors (Lipinski definition) is 2. The first kappa shape index (κ1) is 10.1. The zero-order valence-electron chi connectivity index (χ0n) is 6.33. The minimum Gasteiger partial charge on any atom is -0.323 e. The summed E-state index contributed by atoms with van der Waals surface area (Å²) in [5.41, 5.74) is 2.36. The third-order valence-electron chi connectivity index (χ3n) is 0.858. The molecule has 0 spiro atoms. The molecule has 0 aromatic carbocycles. The van der Waals surface area contributed by atoms with Gasteiger partial charge in [-0.05, 0) is 6.42 Å². The monoisotopic (exact) mass is 167 g/mol. The van der Waals surface area contributed by atoms with E-state index in [0.717, 1.165) is 0 Å². The van der Waals surface area contributed by atoms with Crippen LogP contribution in [0.15, 0.2) is 0 Å². The van der Waals surface area contributed by atoms with Crippen molar-refractivity contribution in [3.05, 3.63) is 0 Å². The second-order valence-electron chi connectivity index (χ2n) is 1.95. The Labute approximate surface area is 61.1 Å². The highest BCUT2D eigenvalue weighted by Crippen LogP contribution is 2.40. The van der Waals surface area contributed by atoms with Gasteiger partial charge in [-0.2, -0.15) is 5.48 Å². The molecule has 0 aliphatic carbocycles. The van der Waals surface area contributed by atoms with Crippen molar-refractivity contribution < 1.29 is 14.1 Å². The first-order valence-electron chi connectivity index (χ1n) is 3.35. The average Bonchev–Trinajstić information content (AvgIpc) is 1.84. The fourth-order valence-corrected chi connectivity index (χ4v) is 1.48. The van der Waals surface area contributed by atoms with E-state index >= 15 is 0 Å². The van der Waals surface area contributed by atoms with E-state index in [2.05, 4.69) is 10.1 Å². The fraction of sp³-hybridized carbons (Fsp3) is 1.00. The maximum Gasteiger partial charge on any atom is 0.344 e. The van der Waals surface area contributed by atoms with Crippen LogP contribution >= 0.6 is 7.60 Å². The van der Waals surface area contributed by atoms with Crippen molar-refractivity contribution in [1.29, 1.82) is 0 Å². The lowest BCUT2D eigenvalue weighted by Gasteiger charge is -2.09. The smallest absolute Gasteiger partial charge is 0.323 e. The molecular formula is C5H14NO3P. The van der Waals surface area contributed by atoms with Gasteiger partial charge >= 0.3 is 7.60 Å². The van der Waals surface area contributed by atoms with E-state index in [1.165, 1.54) is 0 Å². The summed E-state index contributed by atoms with van der Waals surface area (Å²) in [5, 5.41) is 0. The van der Waals surface area contributed by atoms with E-state index in [1.54, 1.807) is 6.92 Å². The van der Waals surface area contributed by atoms with Crippen molar-refractivity contribution in [3.63, 3.8) is 0 Å². The van der Waals surface area contributed by atoms with Gasteiger partial charge in [0.2, 0.25) is 0 Å². The third kappa shape index (κ3) is 4.94. The maximum absolute atomic E-state index is 10.8. The lowest BCUT2D eigenvalue weighted by molar-refractivity contribution is 0.171. The molecule has 0 aliphatic heterocycles. The molecule has 0 aromatic rings. The van der Waals surface area contributed by atoms with Crippen LogP contribution in [0.2, 0.25) is 0 Å². The molecule has 2 N–H and O–H groups in total. The van der Waals surface area contributed by atoms with Crippen LogP contribution in [0.3, 0.4) is 0 Å². The number of hydroxylamine groups is 1. The highest BCUT2D eigenvalue weighted by atomic mass is 31.2. The summed E-state index contributed by atoms with van der Waals surface area (Å²) < 4.78 is 15.3. The Bertz CT molecular complexity index is 128. The summed E-state index contributed by atoms with van der Waals surface area (Å²) in [5.74, 6) is 0. The van der Waals surface area contributed by atoms with Crippen molar-refractivity contribution in [3.8, 4) is 0 Å². The van der Waals surface area contributed by atoms with Gasteiger partial charge in [0.05, 0.1) is 6.16 Å². The van der Waals surface area contributed by atoms with Gasteiger partial charge in [-0.3, -0.25) is 4.57 Å². The Kier molecular flexibility index (Phi) is 4.91. The topological polar surface area (TPSA) is 58.6 Å². The average molecular weight is 167 g/mol. The van der Waals surface area contributed by atoms with Gasteiger partial charge < -0.3 is 4.89 Å². The number of rotatable bonds is 5. The van der Waals surface area contributed by atoms with Crippen molar-refractivity contribution in [2.75, 3.05) is 12.7 Å². The van der Waals surface area contributed by atoms with Gasteiger partial charge in [-0.25, -0.2) is 4.62 Å². The van der Waals surface area contributed by atoms with Crippen LogP contribution in [0.1, 0.15) is 20.3 Å². The summed E-state index contributed by atoms with van der Waals surface area (Å²) in [4.78, 5) is 8.92. The maximum atomic E-state index is 10.8. The predicted molar refractivity (Wildman–Crippen MR) is 39.7 cm³/mol. The molecule has 0 aliphatic rings. The van der Waals surface area contributed by atoms with E-state index < -0.39 is 7.60 Å². The summed E-state index contributed by atoms with van der Waals surface area (Å²) in [6.45, 7) is 4.17. The molecule has 0 aromatic heterocycles. The van der Waals surface area contributed by atoms with Crippen molar-refractivity contribution >= 4 is 7.60 Å². The van der Waals surface area contributed by atoms with E-state index in [0.29, 0.717) is 13.0 Å². The van der Waals surface area contributed by atoms with Crippen LogP contribution in [0, 0.1) is 0 Å². The molecule has 0 heterocycles. The van der Waals surface area contributed by atoms with Crippen LogP contribution in [0.25, 0.3) is 0 Å². The Balaban J connectivity index is 3.53. The van der Waals surface area contributed by atoms with Crippen LogP contribution in [0.4, 0.5) is 0 Å². The molecule has 62 valence electrons. The second-order valence-corrected chi connectivity index (χ2v) is 3.85. The highest BCUT2D eigenvalue weighted by molar-refractivity contribution is 7.52. The van der Waals surface area contributed by atoms with Gasteiger partial charge in [0.25, 0.3) is 0 Å². The molecule has 4 nitrogen and oxygen atoms in total. The largest absolute Gasteiger partial charge is 0.344 e. The number of hydrogen-bond acceptors (Lipinski definition) is 3. The number of nitrogens with one attached hydrogen (secondary N) is 1.